The first-order chi connectivity index (χ1) is 16.1. The van der Waals surface area contributed by atoms with Gasteiger partial charge in [0, 0.05) is 53.8 Å². The Hall–Kier alpha value is -3.14. The normalized spacial score (nSPS) is 19.1. The minimum Gasteiger partial charge on any atom is -0.404 e. The molecule has 2 aromatic rings. The third kappa shape index (κ3) is 4.00. The summed E-state index contributed by atoms with van der Waals surface area (Å²) in [6, 6.07) is 2.10. The number of pyridine rings is 1. The Kier molecular flexibility index (Phi) is 6.28. The van der Waals surface area contributed by atoms with Gasteiger partial charge in [-0.1, -0.05) is 0 Å². The maximum Gasteiger partial charge on any atom is 0.433 e. The van der Waals surface area contributed by atoms with E-state index in [1.54, 1.807) is 6.07 Å². The predicted molar refractivity (Wildman–Crippen MR) is 131 cm³/mol. The standard InChI is InChI=1S/C24H30F3N7/c1-33(2)13-7-8-34(12-13)19-9-18(30)16(10-28)20-14-5-3-4-6-15(14)21(32-22(19)20)17(11-29)23(31)24(25,26)27/h9-11,13,28,31H,3-8,12,29-30H2,1-2H3/b17-11-,28-10?,31-23?. The highest BCUT2D eigenvalue weighted by Gasteiger charge is 2.39. The molecule has 0 radical (unpaired) electrons. The molecule has 1 fully saturated rings. The molecule has 1 aromatic carbocycles. The van der Waals surface area contributed by atoms with Crippen molar-refractivity contribution in [3.05, 3.63) is 34.7 Å². The molecule has 0 bridgehead atoms. The molecule has 6 N–H and O–H groups in total. The Labute approximate surface area is 196 Å². The lowest BCUT2D eigenvalue weighted by Gasteiger charge is -2.28. The van der Waals surface area contributed by atoms with Crippen LogP contribution in [0, 0.1) is 10.8 Å². The van der Waals surface area contributed by atoms with Gasteiger partial charge in [0.15, 0.2) is 0 Å². The van der Waals surface area contributed by atoms with Gasteiger partial charge in [-0.2, -0.15) is 13.2 Å². The maximum absolute atomic E-state index is 13.5. The fourth-order valence-electron chi connectivity index (χ4n) is 5.17. The topological polar surface area (TPSA) is 119 Å². The third-order valence-electron chi connectivity index (χ3n) is 6.98. The molecular formula is C24H30F3N7. The van der Waals surface area contributed by atoms with Crippen LogP contribution in [0.25, 0.3) is 16.5 Å². The highest BCUT2D eigenvalue weighted by Crippen LogP contribution is 2.42. The van der Waals surface area contributed by atoms with E-state index < -0.39 is 17.5 Å². The largest absolute Gasteiger partial charge is 0.433 e. The number of aryl methyl sites for hydroxylation is 1. The Morgan fingerprint density at radius 1 is 1.24 bits per heavy atom. The molecule has 1 saturated heterocycles. The minimum atomic E-state index is -4.85. The van der Waals surface area contributed by atoms with Crippen molar-refractivity contribution < 1.29 is 13.2 Å². The van der Waals surface area contributed by atoms with Crippen LogP contribution in [0.5, 0.6) is 0 Å². The van der Waals surface area contributed by atoms with E-state index in [0.29, 0.717) is 41.2 Å². The van der Waals surface area contributed by atoms with Crippen LogP contribution in [0.2, 0.25) is 0 Å². The van der Waals surface area contributed by atoms with Gasteiger partial charge >= 0.3 is 6.18 Å². The summed E-state index contributed by atoms with van der Waals surface area (Å²) < 4.78 is 40.6. The molecule has 0 spiro atoms. The summed E-state index contributed by atoms with van der Waals surface area (Å²) in [6.07, 6.45) is 0.973. The lowest BCUT2D eigenvalue weighted by Crippen LogP contribution is -2.31. The van der Waals surface area contributed by atoms with Gasteiger partial charge in [0.2, 0.25) is 0 Å². The zero-order valence-corrected chi connectivity index (χ0v) is 19.4. The quantitative estimate of drug-likeness (QED) is 0.390. The van der Waals surface area contributed by atoms with Gasteiger partial charge < -0.3 is 26.7 Å². The van der Waals surface area contributed by atoms with Gasteiger partial charge in [-0.3, -0.25) is 5.41 Å². The van der Waals surface area contributed by atoms with Crippen LogP contribution in [-0.4, -0.2) is 61.2 Å². The van der Waals surface area contributed by atoms with E-state index in [1.165, 1.54) is 6.21 Å². The van der Waals surface area contributed by atoms with Crippen molar-refractivity contribution in [1.82, 2.24) is 9.88 Å². The predicted octanol–water partition coefficient (Wildman–Crippen LogP) is 3.72. The fraction of sp³-hybridized carbons (Fsp3) is 0.458. The van der Waals surface area contributed by atoms with Crippen LogP contribution in [0.3, 0.4) is 0 Å². The smallest absolute Gasteiger partial charge is 0.404 e. The highest BCUT2D eigenvalue weighted by molar-refractivity contribution is 6.25. The monoisotopic (exact) mass is 473 g/mol. The van der Waals surface area contributed by atoms with Crippen LogP contribution in [0.4, 0.5) is 24.5 Å². The number of allylic oxidation sites excluding steroid dienone is 1. The SMILES string of the molecule is CN(C)C1CCN(c2cc(N)c(C=N)c3c4c(c(/C(=C/N)C(=N)C(F)(F)F)nc23)CCCC4)C1. The van der Waals surface area contributed by atoms with Gasteiger partial charge in [-0.15, -0.1) is 0 Å². The average molecular weight is 474 g/mol. The summed E-state index contributed by atoms with van der Waals surface area (Å²) in [4.78, 5) is 9.06. The van der Waals surface area contributed by atoms with Crippen LogP contribution in [-0.2, 0) is 12.8 Å². The zero-order valence-electron chi connectivity index (χ0n) is 19.4. The van der Waals surface area contributed by atoms with Crippen molar-refractivity contribution in [3.63, 3.8) is 0 Å². The van der Waals surface area contributed by atoms with Crippen molar-refractivity contribution in [3.8, 4) is 0 Å². The van der Waals surface area contributed by atoms with Crippen molar-refractivity contribution in [1.29, 1.82) is 10.8 Å². The zero-order chi connectivity index (χ0) is 24.8. The van der Waals surface area contributed by atoms with Crippen molar-refractivity contribution in [2.24, 2.45) is 5.73 Å². The van der Waals surface area contributed by atoms with E-state index >= 15 is 0 Å². The Morgan fingerprint density at radius 2 is 1.91 bits per heavy atom. The number of likely N-dealkylation sites (N-methyl/N-ethyl adjacent to an activating group) is 1. The molecule has 34 heavy (non-hydrogen) atoms. The number of hydrogen-bond acceptors (Lipinski definition) is 7. The first kappa shape index (κ1) is 24.0. The summed E-state index contributed by atoms with van der Waals surface area (Å²) in [5.74, 6) is 0. The van der Waals surface area contributed by atoms with Crippen LogP contribution < -0.4 is 16.4 Å². The minimum absolute atomic E-state index is 0.109. The molecule has 0 saturated carbocycles. The van der Waals surface area contributed by atoms with Gasteiger partial charge in [0.1, 0.15) is 5.71 Å². The molecule has 182 valence electrons. The van der Waals surface area contributed by atoms with Crippen LogP contribution in [0.1, 0.15) is 41.6 Å². The second-order valence-electron chi connectivity index (χ2n) is 9.20. The molecule has 4 rings (SSSR count). The van der Waals surface area contributed by atoms with Crippen molar-refractivity contribution in [2.45, 2.75) is 44.3 Å². The molecule has 1 atom stereocenters. The number of anilines is 2. The lowest BCUT2D eigenvalue weighted by molar-refractivity contribution is -0.0578. The number of benzene rings is 1. The van der Waals surface area contributed by atoms with Crippen LogP contribution >= 0.6 is 0 Å². The molecule has 10 heteroatoms. The second-order valence-corrected chi connectivity index (χ2v) is 9.20. The number of nitrogens with one attached hydrogen (secondary N) is 2. The number of nitrogen functional groups attached to an aromatic ring is 1. The number of halogens is 3. The summed E-state index contributed by atoms with van der Waals surface area (Å²) in [5.41, 5.74) is 14.0. The average Bonchev–Trinajstić information content (AvgIpc) is 3.29. The van der Waals surface area contributed by atoms with Crippen molar-refractivity contribution in [2.75, 3.05) is 37.8 Å². The first-order valence-corrected chi connectivity index (χ1v) is 11.4. The molecule has 2 aliphatic rings. The van der Waals surface area contributed by atoms with Gasteiger partial charge in [-0.25, -0.2) is 4.98 Å². The van der Waals surface area contributed by atoms with E-state index in [9.17, 15) is 13.2 Å². The Morgan fingerprint density at radius 3 is 2.47 bits per heavy atom. The van der Waals surface area contributed by atoms with E-state index in [-0.39, 0.29) is 5.69 Å². The first-order valence-electron chi connectivity index (χ1n) is 11.4. The maximum atomic E-state index is 13.5. The summed E-state index contributed by atoms with van der Waals surface area (Å²) in [5, 5.41) is 16.5. The van der Waals surface area contributed by atoms with Crippen molar-refractivity contribution >= 4 is 39.8 Å². The van der Waals surface area contributed by atoms with E-state index in [2.05, 4.69) is 9.80 Å². The Balaban J connectivity index is 2.03. The fourth-order valence-corrected chi connectivity index (χ4v) is 5.17. The Bertz CT molecular complexity index is 1180. The summed E-state index contributed by atoms with van der Waals surface area (Å²) in [7, 11) is 4.04. The molecule has 1 unspecified atom stereocenters. The number of rotatable bonds is 5. The molecule has 7 nitrogen and oxygen atoms in total. The number of nitrogens with zero attached hydrogens (tertiary/aromatic N) is 3. The number of alkyl halides is 3. The molecule has 1 aliphatic carbocycles. The van der Waals surface area contributed by atoms with E-state index in [4.69, 9.17) is 27.3 Å². The molecule has 2 heterocycles. The highest BCUT2D eigenvalue weighted by atomic mass is 19.4. The number of aromatic nitrogens is 1. The molecule has 0 amide bonds. The second kappa shape index (κ2) is 8.90. The number of nitrogens with two attached hydrogens (primary N) is 2. The van der Waals surface area contributed by atoms with E-state index in [1.807, 2.05) is 14.1 Å². The summed E-state index contributed by atoms with van der Waals surface area (Å²) in [6.45, 7) is 1.49. The lowest BCUT2D eigenvalue weighted by atomic mass is 9.84. The van der Waals surface area contributed by atoms with Crippen LogP contribution in [0.15, 0.2) is 12.3 Å². The van der Waals surface area contributed by atoms with Gasteiger partial charge in [0.05, 0.1) is 16.9 Å². The van der Waals surface area contributed by atoms with E-state index in [0.717, 1.165) is 55.2 Å². The summed E-state index contributed by atoms with van der Waals surface area (Å²) >= 11 is 0. The molecule has 1 aromatic heterocycles. The number of hydrogen-bond donors (Lipinski definition) is 4. The van der Waals surface area contributed by atoms with Gasteiger partial charge in [0.25, 0.3) is 0 Å². The molecular weight excluding hydrogens is 443 g/mol. The van der Waals surface area contributed by atoms with Gasteiger partial charge in [-0.05, 0) is 63.4 Å². The molecule has 1 aliphatic heterocycles. The number of fused-ring (bicyclic) bond motifs is 3. The third-order valence-corrected chi connectivity index (χ3v) is 6.98.